The highest BCUT2D eigenvalue weighted by Gasteiger charge is 2.32. The van der Waals surface area contributed by atoms with E-state index in [0.717, 1.165) is 37.4 Å². The van der Waals surface area contributed by atoms with Gasteiger partial charge in [0.1, 0.15) is 5.25 Å². The second kappa shape index (κ2) is 12.2. The molecule has 1 aromatic rings. The van der Waals surface area contributed by atoms with Gasteiger partial charge in [-0.25, -0.2) is 0 Å². The molecule has 1 aromatic carbocycles. The van der Waals surface area contributed by atoms with Crippen LogP contribution in [-0.4, -0.2) is 58.8 Å². The minimum absolute atomic E-state index is 0.0912. The van der Waals surface area contributed by atoms with Crippen LogP contribution in [0.5, 0.6) is 11.5 Å². The molecule has 2 fully saturated rings. The molecule has 2 aliphatic rings. The number of aliphatic carboxylic acids is 1. The first-order chi connectivity index (χ1) is 15.9. The van der Waals surface area contributed by atoms with Gasteiger partial charge in [-0.15, -0.1) is 5.10 Å². The Morgan fingerprint density at radius 1 is 1.24 bits per heavy atom. The number of ether oxygens (including phenoxy) is 2. The Hall–Kier alpha value is -3.08. The summed E-state index contributed by atoms with van der Waals surface area (Å²) < 4.78 is 11.3. The van der Waals surface area contributed by atoms with E-state index >= 15 is 0 Å². The van der Waals surface area contributed by atoms with E-state index in [0.29, 0.717) is 23.7 Å². The Morgan fingerprint density at radius 3 is 2.76 bits per heavy atom. The average Bonchev–Trinajstić information content (AvgIpc) is 3.12. The van der Waals surface area contributed by atoms with Gasteiger partial charge in [-0.3, -0.25) is 14.4 Å². The Balaban J connectivity index is 1.57. The first-order valence-electron chi connectivity index (χ1n) is 10.9. The van der Waals surface area contributed by atoms with Crippen molar-refractivity contribution in [2.75, 3.05) is 13.2 Å². The molecule has 1 saturated heterocycles. The molecule has 1 heterocycles. The topological polar surface area (TPSA) is 139 Å². The van der Waals surface area contributed by atoms with Crippen molar-refractivity contribution in [2.24, 2.45) is 10.2 Å². The highest BCUT2D eigenvalue weighted by atomic mass is 32.2. The van der Waals surface area contributed by atoms with Crippen LogP contribution in [0, 0.1) is 0 Å². The quantitative estimate of drug-likeness (QED) is 0.348. The summed E-state index contributed by atoms with van der Waals surface area (Å²) in [6, 6.07) is 5.38. The Morgan fingerprint density at radius 2 is 2.03 bits per heavy atom. The number of carboxylic acids is 1. The molecule has 0 radical (unpaired) electrons. The second-order valence-corrected chi connectivity index (χ2v) is 8.87. The molecule has 2 amide bonds. The third kappa shape index (κ3) is 7.77. The number of hydrogen-bond donors (Lipinski definition) is 3. The zero-order valence-electron chi connectivity index (χ0n) is 18.4. The molecular formula is C22H28N4O6S. The minimum Gasteiger partial charge on any atom is -0.490 e. The number of amides is 2. The van der Waals surface area contributed by atoms with E-state index in [-0.39, 0.29) is 30.1 Å². The number of carboxylic acid groups (broad SMARTS) is 1. The van der Waals surface area contributed by atoms with Crippen molar-refractivity contribution in [3.05, 3.63) is 23.8 Å². The molecule has 1 aliphatic heterocycles. The van der Waals surface area contributed by atoms with Crippen LogP contribution in [0.15, 0.2) is 28.4 Å². The first kappa shape index (κ1) is 24.6. The van der Waals surface area contributed by atoms with Crippen LogP contribution >= 0.6 is 11.8 Å². The van der Waals surface area contributed by atoms with Crippen molar-refractivity contribution in [1.29, 1.82) is 0 Å². The number of nitrogens with one attached hydrogen (secondary N) is 2. The molecule has 0 aromatic heterocycles. The molecule has 10 nitrogen and oxygen atoms in total. The van der Waals surface area contributed by atoms with Crippen molar-refractivity contribution >= 4 is 40.9 Å². The molecule has 1 unspecified atom stereocenters. The molecule has 0 spiro atoms. The molecule has 3 rings (SSSR count). The predicted octanol–water partition coefficient (Wildman–Crippen LogP) is 2.31. The zero-order valence-corrected chi connectivity index (χ0v) is 19.2. The summed E-state index contributed by atoms with van der Waals surface area (Å²) in [4.78, 5) is 34.7. The van der Waals surface area contributed by atoms with Crippen LogP contribution in [0.1, 0.15) is 51.0 Å². The molecule has 178 valence electrons. The highest BCUT2D eigenvalue weighted by Crippen LogP contribution is 2.28. The summed E-state index contributed by atoms with van der Waals surface area (Å²) in [7, 11) is 0. The fraction of sp³-hybridized carbons (Fsp3) is 0.500. The average molecular weight is 477 g/mol. The number of benzene rings is 1. The smallest absolute Gasteiger partial charge is 0.305 e. The summed E-state index contributed by atoms with van der Waals surface area (Å²) in [5, 5.41) is 21.8. The maximum Gasteiger partial charge on any atom is 0.305 e. The van der Waals surface area contributed by atoms with E-state index in [2.05, 4.69) is 20.8 Å². The lowest BCUT2D eigenvalue weighted by molar-refractivity contribution is -0.138. The molecule has 0 bridgehead atoms. The van der Waals surface area contributed by atoms with E-state index in [1.54, 1.807) is 18.2 Å². The lowest BCUT2D eigenvalue weighted by atomic mass is 9.95. The standard InChI is InChI=1S/C22H28N4O6S/c1-2-31-17-10-14(12-23-26-22-25-21(30)18(33-22)11-20(28)29)8-9-16(17)32-13-19(27)24-15-6-4-3-5-7-15/h8-10,12,15,18H,2-7,11,13H2,1H3,(H,24,27)(H,28,29)(H,25,26,30). The predicted molar refractivity (Wildman–Crippen MR) is 125 cm³/mol. The largest absolute Gasteiger partial charge is 0.490 e. The highest BCUT2D eigenvalue weighted by molar-refractivity contribution is 8.15. The number of amidine groups is 1. The number of nitrogens with zero attached hydrogens (tertiary/aromatic N) is 2. The third-order valence-corrected chi connectivity index (χ3v) is 6.16. The fourth-order valence-electron chi connectivity index (χ4n) is 3.55. The maximum absolute atomic E-state index is 12.2. The number of thioether (sulfide) groups is 1. The Labute approximate surface area is 196 Å². The lowest BCUT2D eigenvalue weighted by Gasteiger charge is -2.22. The molecule has 1 saturated carbocycles. The number of rotatable bonds is 10. The van der Waals surface area contributed by atoms with Crippen molar-refractivity contribution in [2.45, 2.75) is 56.7 Å². The van der Waals surface area contributed by atoms with Gasteiger partial charge in [-0.2, -0.15) is 5.10 Å². The summed E-state index contributed by atoms with van der Waals surface area (Å²) in [6.07, 6.45) is 6.73. The van der Waals surface area contributed by atoms with Crippen molar-refractivity contribution < 1.29 is 29.0 Å². The van der Waals surface area contributed by atoms with E-state index in [1.165, 1.54) is 12.6 Å². The van der Waals surface area contributed by atoms with Gasteiger partial charge in [0.2, 0.25) is 5.91 Å². The summed E-state index contributed by atoms with van der Waals surface area (Å²) in [5.74, 6) is -0.671. The monoisotopic (exact) mass is 476 g/mol. The molecule has 33 heavy (non-hydrogen) atoms. The second-order valence-electron chi connectivity index (χ2n) is 7.67. The normalized spacial score (nSPS) is 20.1. The van der Waals surface area contributed by atoms with Gasteiger partial charge in [0.05, 0.1) is 19.2 Å². The number of carbonyl (C=O) groups is 3. The zero-order chi connectivity index (χ0) is 23.6. The Kier molecular flexibility index (Phi) is 9.11. The summed E-state index contributed by atoms with van der Waals surface area (Å²) in [5.41, 5.74) is 0.679. The lowest BCUT2D eigenvalue weighted by Crippen LogP contribution is -2.39. The first-order valence-corrected chi connectivity index (χ1v) is 11.8. The van der Waals surface area contributed by atoms with Crippen LogP contribution in [0.3, 0.4) is 0 Å². The minimum atomic E-state index is -1.05. The van der Waals surface area contributed by atoms with Gasteiger partial charge >= 0.3 is 5.97 Å². The van der Waals surface area contributed by atoms with Crippen LogP contribution in [0.25, 0.3) is 0 Å². The molecule has 11 heteroatoms. The van der Waals surface area contributed by atoms with Gasteiger partial charge in [-0.1, -0.05) is 31.0 Å². The third-order valence-electron chi connectivity index (χ3n) is 5.09. The number of carbonyl (C=O) groups excluding carboxylic acids is 2. The van der Waals surface area contributed by atoms with Crippen molar-refractivity contribution in [3.8, 4) is 11.5 Å². The Bertz CT molecular complexity index is 929. The van der Waals surface area contributed by atoms with Crippen LogP contribution in [0.4, 0.5) is 0 Å². The van der Waals surface area contributed by atoms with Gasteiger partial charge in [0, 0.05) is 6.04 Å². The van der Waals surface area contributed by atoms with E-state index in [1.807, 2.05) is 6.92 Å². The van der Waals surface area contributed by atoms with Crippen LogP contribution in [-0.2, 0) is 14.4 Å². The van der Waals surface area contributed by atoms with E-state index in [9.17, 15) is 14.4 Å². The molecule has 1 aliphatic carbocycles. The van der Waals surface area contributed by atoms with Crippen LogP contribution < -0.4 is 20.1 Å². The van der Waals surface area contributed by atoms with Gasteiger partial charge < -0.3 is 25.2 Å². The summed E-state index contributed by atoms with van der Waals surface area (Å²) >= 11 is 1.03. The maximum atomic E-state index is 12.2. The molecular weight excluding hydrogens is 448 g/mol. The molecule has 1 atom stereocenters. The van der Waals surface area contributed by atoms with Crippen molar-refractivity contribution in [1.82, 2.24) is 10.6 Å². The SMILES string of the molecule is CCOc1cc(C=NN=C2NC(=O)C(CC(=O)O)S2)ccc1OCC(=O)NC1CCCCC1. The van der Waals surface area contributed by atoms with Crippen LogP contribution in [0.2, 0.25) is 0 Å². The van der Waals surface area contributed by atoms with E-state index < -0.39 is 17.1 Å². The number of hydrogen-bond acceptors (Lipinski definition) is 8. The fourth-order valence-corrected chi connectivity index (χ4v) is 4.46. The van der Waals surface area contributed by atoms with Gasteiger partial charge in [-0.05, 0) is 43.5 Å². The molecule has 3 N–H and O–H groups in total. The van der Waals surface area contributed by atoms with Gasteiger partial charge in [0.25, 0.3) is 5.91 Å². The van der Waals surface area contributed by atoms with Crippen molar-refractivity contribution in [3.63, 3.8) is 0 Å². The summed E-state index contributed by atoms with van der Waals surface area (Å²) in [6.45, 7) is 2.17. The van der Waals surface area contributed by atoms with Gasteiger partial charge in [0.15, 0.2) is 23.3 Å². The van der Waals surface area contributed by atoms with E-state index in [4.69, 9.17) is 14.6 Å².